The minimum Gasteiger partial charge on any atom is -0.260 e. The molecule has 0 fully saturated rings. The first-order chi connectivity index (χ1) is 9.95. The molecule has 0 saturated carbocycles. The van der Waals surface area contributed by atoms with Gasteiger partial charge in [0.15, 0.2) is 11.0 Å². The number of para-hydroxylation sites is 2. The Kier molecular flexibility index (Phi) is 3.56. The first-order valence-corrected chi connectivity index (χ1v) is 8.65. The topological polar surface area (TPSA) is 72.0 Å². The van der Waals surface area contributed by atoms with E-state index in [-0.39, 0.29) is 15.2 Å². The summed E-state index contributed by atoms with van der Waals surface area (Å²) in [5, 5.41) is 0.0190. The molecule has 0 bridgehead atoms. The lowest BCUT2D eigenvalue weighted by Gasteiger charge is -2.07. The summed E-state index contributed by atoms with van der Waals surface area (Å²) in [5.41, 5.74) is 1.18. The van der Waals surface area contributed by atoms with Crippen LogP contribution in [0, 0.1) is 6.92 Å². The normalized spacial score (nSPS) is 11.7. The van der Waals surface area contributed by atoms with Crippen LogP contribution in [0.5, 0.6) is 0 Å². The average Bonchev–Trinajstić information content (AvgIpc) is 2.87. The highest BCUT2D eigenvalue weighted by Crippen LogP contribution is 2.26. The van der Waals surface area contributed by atoms with Gasteiger partial charge in [-0.2, -0.15) is 0 Å². The zero-order valence-electron chi connectivity index (χ0n) is 10.9. The van der Waals surface area contributed by atoms with Gasteiger partial charge >= 0.3 is 0 Å². The minimum atomic E-state index is -3.70. The summed E-state index contributed by atoms with van der Waals surface area (Å²) in [4.78, 5) is 9.26. The van der Waals surface area contributed by atoms with Crippen LogP contribution in [-0.4, -0.2) is 18.4 Å². The predicted molar refractivity (Wildman–Crippen MR) is 84.4 cm³/mol. The van der Waals surface area contributed by atoms with E-state index in [9.17, 15) is 8.42 Å². The molecule has 0 aliphatic carbocycles. The SMILES string of the molecule is Cc1ccc(S(=O)(=O)Nc2nc3ccccc3nc2Cl)s1. The summed E-state index contributed by atoms with van der Waals surface area (Å²) in [5.74, 6) is 0.0291. The first-order valence-electron chi connectivity index (χ1n) is 5.97. The Balaban J connectivity index is 2.03. The zero-order valence-corrected chi connectivity index (χ0v) is 13.3. The molecule has 0 aliphatic heterocycles. The van der Waals surface area contributed by atoms with E-state index in [1.165, 1.54) is 11.3 Å². The van der Waals surface area contributed by atoms with Crippen LogP contribution in [0.1, 0.15) is 4.88 Å². The van der Waals surface area contributed by atoms with Crippen LogP contribution in [0.3, 0.4) is 0 Å². The van der Waals surface area contributed by atoms with Crippen LogP contribution in [0.2, 0.25) is 5.15 Å². The third kappa shape index (κ3) is 2.85. The number of thiophene rings is 1. The number of nitrogens with zero attached hydrogens (tertiary/aromatic N) is 2. The average molecular weight is 340 g/mol. The molecule has 0 radical (unpaired) electrons. The van der Waals surface area contributed by atoms with Crippen LogP contribution >= 0.6 is 22.9 Å². The van der Waals surface area contributed by atoms with Crippen molar-refractivity contribution in [1.29, 1.82) is 0 Å². The van der Waals surface area contributed by atoms with E-state index < -0.39 is 10.0 Å². The van der Waals surface area contributed by atoms with E-state index in [0.717, 1.165) is 4.88 Å². The lowest BCUT2D eigenvalue weighted by molar-refractivity contribution is 0.603. The van der Waals surface area contributed by atoms with Crippen molar-refractivity contribution in [2.75, 3.05) is 4.72 Å². The fourth-order valence-electron chi connectivity index (χ4n) is 1.78. The second-order valence-corrected chi connectivity index (χ2v) is 7.88. The summed E-state index contributed by atoms with van der Waals surface area (Å²) in [6.45, 7) is 1.84. The Hall–Kier alpha value is -1.70. The van der Waals surface area contributed by atoms with Gasteiger partial charge in [-0.15, -0.1) is 11.3 Å². The van der Waals surface area contributed by atoms with Gasteiger partial charge in [-0.25, -0.2) is 18.4 Å². The fourth-order valence-corrected chi connectivity index (χ4v) is 4.31. The van der Waals surface area contributed by atoms with E-state index in [2.05, 4.69) is 14.7 Å². The molecule has 2 aromatic heterocycles. The number of hydrogen-bond acceptors (Lipinski definition) is 5. The first kappa shape index (κ1) is 14.2. The summed E-state index contributed by atoms with van der Waals surface area (Å²) < 4.78 is 27.2. The van der Waals surface area contributed by atoms with Gasteiger partial charge in [-0.3, -0.25) is 4.72 Å². The number of fused-ring (bicyclic) bond motifs is 1. The number of benzene rings is 1. The number of anilines is 1. The van der Waals surface area contributed by atoms with Gasteiger partial charge in [0.1, 0.15) is 4.21 Å². The standard InChI is InChI=1S/C13H10ClN3O2S2/c1-8-6-7-11(20-8)21(18,19)17-13-12(14)15-9-4-2-3-5-10(9)16-13/h2-7H,1H3,(H,16,17). The molecule has 1 N–H and O–H groups in total. The molecule has 0 saturated heterocycles. The smallest absolute Gasteiger partial charge is 0.260 e. The van der Waals surface area contributed by atoms with Crippen LogP contribution in [0.25, 0.3) is 11.0 Å². The van der Waals surface area contributed by atoms with Crippen molar-refractivity contribution in [2.45, 2.75) is 11.1 Å². The monoisotopic (exact) mass is 339 g/mol. The molecule has 0 atom stereocenters. The number of sulfonamides is 1. The Labute approximate surface area is 130 Å². The lowest BCUT2D eigenvalue weighted by atomic mass is 10.3. The maximum atomic E-state index is 12.3. The predicted octanol–water partition coefficient (Wildman–Crippen LogP) is 3.45. The van der Waals surface area contributed by atoms with Crippen molar-refractivity contribution in [3.63, 3.8) is 0 Å². The molecule has 21 heavy (non-hydrogen) atoms. The molecular formula is C13H10ClN3O2S2. The van der Waals surface area contributed by atoms with E-state index in [1.54, 1.807) is 30.3 Å². The number of hydrogen-bond donors (Lipinski definition) is 1. The highest BCUT2D eigenvalue weighted by Gasteiger charge is 2.19. The number of halogens is 1. The third-order valence-electron chi connectivity index (χ3n) is 2.74. The molecule has 5 nitrogen and oxygen atoms in total. The van der Waals surface area contributed by atoms with Gasteiger partial charge in [0.05, 0.1) is 11.0 Å². The summed E-state index contributed by atoms with van der Waals surface area (Å²) in [7, 11) is -3.70. The van der Waals surface area contributed by atoms with Crippen LogP contribution in [0.4, 0.5) is 5.82 Å². The van der Waals surface area contributed by atoms with Gasteiger partial charge in [0.2, 0.25) is 0 Å². The lowest BCUT2D eigenvalue weighted by Crippen LogP contribution is -2.13. The molecule has 0 amide bonds. The molecule has 3 aromatic rings. The van der Waals surface area contributed by atoms with Crippen molar-refractivity contribution < 1.29 is 8.42 Å². The van der Waals surface area contributed by atoms with E-state index in [0.29, 0.717) is 11.0 Å². The Morgan fingerprint density at radius 3 is 2.38 bits per heavy atom. The van der Waals surface area contributed by atoms with Crippen LogP contribution in [-0.2, 0) is 10.0 Å². The number of rotatable bonds is 3. The molecule has 0 aliphatic rings. The van der Waals surface area contributed by atoms with E-state index >= 15 is 0 Å². The maximum absolute atomic E-state index is 12.3. The van der Waals surface area contributed by atoms with Gasteiger partial charge in [0, 0.05) is 4.88 Å². The summed E-state index contributed by atoms with van der Waals surface area (Å²) in [6, 6.07) is 10.4. The molecule has 1 aromatic carbocycles. The number of aromatic nitrogens is 2. The Morgan fingerprint density at radius 1 is 1.10 bits per heavy atom. The second-order valence-electron chi connectivity index (χ2n) is 4.32. The number of aryl methyl sites for hydroxylation is 1. The fraction of sp³-hybridized carbons (Fsp3) is 0.0769. The molecular weight excluding hydrogens is 330 g/mol. The van der Waals surface area contributed by atoms with Crippen molar-refractivity contribution >= 4 is 49.8 Å². The van der Waals surface area contributed by atoms with Crippen molar-refractivity contribution in [3.05, 3.63) is 46.4 Å². The second kappa shape index (κ2) is 5.25. The van der Waals surface area contributed by atoms with Gasteiger partial charge in [0.25, 0.3) is 10.0 Å². The minimum absolute atomic E-state index is 0.0190. The third-order valence-corrected chi connectivity index (χ3v) is 5.83. The van der Waals surface area contributed by atoms with Gasteiger partial charge in [-0.1, -0.05) is 23.7 Å². The molecule has 108 valence electrons. The van der Waals surface area contributed by atoms with Crippen molar-refractivity contribution in [3.8, 4) is 0 Å². The molecule has 0 spiro atoms. The quantitative estimate of drug-likeness (QED) is 0.793. The van der Waals surface area contributed by atoms with E-state index in [4.69, 9.17) is 11.6 Å². The highest BCUT2D eigenvalue weighted by atomic mass is 35.5. The summed E-state index contributed by atoms with van der Waals surface area (Å²) >= 11 is 7.19. The molecule has 8 heteroatoms. The van der Waals surface area contributed by atoms with Crippen molar-refractivity contribution in [1.82, 2.24) is 9.97 Å². The van der Waals surface area contributed by atoms with Crippen molar-refractivity contribution in [2.24, 2.45) is 0 Å². The van der Waals surface area contributed by atoms with Crippen LogP contribution in [0.15, 0.2) is 40.6 Å². The largest absolute Gasteiger partial charge is 0.272 e. The summed E-state index contributed by atoms with van der Waals surface area (Å²) in [6.07, 6.45) is 0. The molecule has 0 unspecified atom stereocenters. The molecule has 2 heterocycles. The number of nitrogens with one attached hydrogen (secondary N) is 1. The maximum Gasteiger partial charge on any atom is 0.272 e. The van der Waals surface area contributed by atoms with Crippen LogP contribution < -0.4 is 4.72 Å². The van der Waals surface area contributed by atoms with E-state index in [1.807, 2.05) is 13.0 Å². The zero-order chi connectivity index (χ0) is 15.0. The van der Waals surface area contributed by atoms with Gasteiger partial charge < -0.3 is 0 Å². The molecule has 3 rings (SSSR count). The Morgan fingerprint density at radius 2 is 1.76 bits per heavy atom. The van der Waals surface area contributed by atoms with Gasteiger partial charge in [-0.05, 0) is 31.2 Å². The highest BCUT2D eigenvalue weighted by molar-refractivity contribution is 7.94. The Bertz CT molecular complexity index is 922.